The minimum Gasteiger partial charge on any atom is -0.281 e. The molecule has 21 heavy (non-hydrogen) atoms. The van der Waals surface area contributed by atoms with Gasteiger partial charge in [0.1, 0.15) is 0 Å². The monoisotopic (exact) mass is 319 g/mol. The van der Waals surface area contributed by atoms with E-state index in [2.05, 4.69) is 14.9 Å². The van der Waals surface area contributed by atoms with Crippen LogP contribution in [0.25, 0.3) is 0 Å². The first-order valence-corrected chi connectivity index (χ1v) is 7.35. The van der Waals surface area contributed by atoms with E-state index in [9.17, 15) is 21.6 Å². The van der Waals surface area contributed by atoms with E-state index in [1.807, 2.05) is 0 Å². The number of alkyl halides is 3. The minimum absolute atomic E-state index is 0.0853. The van der Waals surface area contributed by atoms with E-state index in [0.717, 1.165) is 25.1 Å². The summed E-state index contributed by atoms with van der Waals surface area (Å²) in [5.74, 6) is 0. The molecule has 0 aliphatic rings. The molecular weight excluding hydrogens is 307 g/mol. The van der Waals surface area contributed by atoms with E-state index in [1.165, 1.54) is 6.20 Å². The zero-order valence-electron chi connectivity index (χ0n) is 10.9. The number of benzene rings is 1. The number of hydrogen-bond donors (Lipinski definition) is 2. The lowest BCUT2D eigenvalue weighted by molar-refractivity contribution is -0.138. The van der Waals surface area contributed by atoms with Crippen molar-refractivity contribution in [1.82, 2.24) is 14.9 Å². The van der Waals surface area contributed by atoms with Gasteiger partial charge in [0, 0.05) is 6.20 Å². The van der Waals surface area contributed by atoms with Crippen LogP contribution < -0.4 is 4.72 Å². The molecule has 1 aromatic carbocycles. The highest BCUT2D eigenvalue weighted by atomic mass is 32.2. The van der Waals surface area contributed by atoms with Crippen molar-refractivity contribution in [1.29, 1.82) is 0 Å². The number of aromatic nitrogens is 2. The number of rotatable bonds is 4. The van der Waals surface area contributed by atoms with Crippen molar-refractivity contribution in [2.24, 2.45) is 0 Å². The van der Waals surface area contributed by atoms with E-state index >= 15 is 0 Å². The molecule has 0 amide bonds. The zero-order chi connectivity index (χ0) is 15.7. The average molecular weight is 319 g/mol. The predicted molar refractivity (Wildman–Crippen MR) is 68.8 cm³/mol. The summed E-state index contributed by atoms with van der Waals surface area (Å²) in [5.41, 5.74) is -0.794. The summed E-state index contributed by atoms with van der Waals surface area (Å²) in [6, 6.07) is 4.62. The Morgan fingerprint density at radius 1 is 1.29 bits per heavy atom. The number of nitrogens with one attached hydrogen (secondary N) is 2. The molecule has 114 valence electrons. The van der Waals surface area contributed by atoms with Crippen LogP contribution in [-0.4, -0.2) is 18.6 Å². The lowest BCUT2D eigenvalue weighted by Crippen LogP contribution is -2.25. The quantitative estimate of drug-likeness (QED) is 0.907. The topological polar surface area (TPSA) is 74.8 Å². The van der Waals surface area contributed by atoms with Crippen LogP contribution >= 0.6 is 0 Å². The second-order valence-electron chi connectivity index (χ2n) is 4.33. The van der Waals surface area contributed by atoms with Crippen LogP contribution in [0.15, 0.2) is 35.4 Å². The third kappa shape index (κ3) is 3.42. The Kier molecular flexibility index (Phi) is 4.06. The number of nitrogens with zero attached hydrogens (tertiary/aromatic N) is 1. The Bertz CT molecular complexity index is 725. The Morgan fingerprint density at radius 3 is 2.57 bits per heavy atom. The predicted octanol–water partition coefficient (Wildman–Crippen LogP) is 2.22. The molecule has 9 heteroatoms. The van der Waals surface area contributed by atoms with Gasteiger partial charge in [0.15, 0.2) is 0 Å². The molecule has 0 radical (unpaired) electrons. The number of aromatic amines is 1. The van der Waals surface area contributed by atoms with Crippen LogP contribution in [0.2, 0.25) is 0 Å². The van der Waals surface area contributed by atoms with Gasteiger partial charge in [-0.15, -0.1) is 0 Å². The highest BCUT2D eigenvalue weighted by Crippen LogP contribution is 2.34. The molecular formula is C12H12F3N3O2S. The maximum atomic E-state index is 12.8. The lowest BCUT2D eigenvalue weighted by atomic mass is 10.1. The molecule has 1 aromatic heterocycles. The van der Waals surface area contributed by atoms with Crippen molar-refractivity contribution in [3.8, 4) is 0 Å². The fraction of sp³-hybridized carbons (Fsp3) is 0.250. The first kappa shape index (κ1) is 15.5. The number of H-pyrrole nitrogens is 1. The molecule has 0 bridgehead atoms. The largest absolute Gasteiger partial charge is 0.416 e. The van der Waals surface area contributed by atoms with Crippen LogP contribution in [0, 0.1) is 6.92 Å². The van der Waals surface area contributed by atoms with E-state index in [0.29, 0.717) is 5.69 Å². The first-order chi connectivity index (χ1) is 9.72. The molecule has 0 saturated carbocycles. The average Bonchev–Trinajstić information content (AvgIpc) is 2.88. The number of hydrogen-bond acceptors (Lipinski definition) is 3. The summed E-state index contributed by atoms with van der Waals surface area (Å²) in [5, 5.41) is 6.21. The standard InChI is InChI=1S/C12H12F3N3O2S/c1-8-10(12(13,14)15)3-2-4-11(8)21(19,20)17-7-9-5-6-16-18-9/h2-6,17H,7H2,1H3,(H,16,18). The smallest absolute Gasteiger partial charge is 0.281 e. The van der Waals surface area contributed by atoms with Crippen LogP contribution in [-0.2, 0) is 22.7 Å². The van der Waals surface area contributed by atoms with Crippen molar-refractivity contribution in [3.63, 3.8) is 0 Å². The Labute approximate surface area is 119 Å². The van der Waals surface area contributed by atoms with Crippen LogP contribution in [0.5, 0.6) is 0 Å². The highest BCUT2D eigenvalue weighted by Gasteiger charge is 2.34. The van der Waals surface area contributed by atoms with Crippen molar-refractivity contribution in [2.45, 2.75) is 24.5 Å². The van der Waals surface area contributed by atoms with Gasteiger partial charge in [-0.05, 0) is 30.7 Å². The molecule has 2 N–H and O–H groups in total. The SMILES string of the molecule is Cc1c(C(F)(F)F)cccc1S(=O)(=O)NCc1ccn[nH]1. The van der Waals surface area contributed by atoms with Crippen molar-refractivity contribution < 1.29 is 21.6 Å². The van der Waals surface area contributed by atoms with Gasteiger partial charge in [0.05, 0.1) is 22.7 Å². The van der Waals surface area contributed by atoms with E-state index in [-0.39, 0.29) is 12.1 Å². The summed E-state index contributed by atoms with van der Waals surface area (Å²) in [7, 11) is -4.05. The highest BCUT2D eigenvalue weighted by molar-refractivity contribution is 7.89. The molecule has 0 aliphatic carbocycles. The van der Waals surface area contributed by atoms with Gasteiger partial charge in [-0.25, -0.2) is 13.1 Å². The van der Waals surface area contributed by atoms with Gasteiger partial charge in [-0.3, -0.25) is 5.10 Å². The summed E-state index contributed by atoms with van der Waals surface area (Å²) >= 11 is 0. The van der Waals surface area contributed by atoms with Gasteiger partial charge in [-0.2, -0.15) is 18.3 Å². The maximum Gasteiger partial charge on any atom is 0.416 e. The van der Waals surface area contributed by atoms with E-state index in [4.69, 9.17) is 0 Å². The van der Waals surface area contributed by atoms with Crippen LogP contribution in [0.4, 0.5) is 13.2 Å². The van der Waals surface area contributed by atoms with Gasteiger partial charge in [0.25, 0.3) is 0 Å². The van der Waals surface area contributed by atoms with Crippen molar-refractivity contribution >= 4 is 10.0 Å². The van der Waals surface area contributed by atoms with Crippen LogP contribution in [0.1, 0.15) is 16.8 Å². The Hall–Kier alpha value is -1.87. The minimum atomic E-state index is -4.60. The molecule has 0 spiro atoms. The molecule has 0 unspecified atom stereocenters. The van der Waals surface area contributed by atoms with Gasteiger partial charge in [0.2, 0.25) is 10.0 Å². The molecule has 0 aliphatic heterocycles. The number of sulfonamides is 1. The Balaban J connectivity index is 2.32. The zero-order valence-corrected chi connectivity index (χ0v) is 11.7. The molecule has 2 aromatic rings. The maximum absolute atomic E-state index is 12.8. The molecule has 1 heterocycles. The lowest BCUT2D eigenvalue weighted by Gasteiger charge is -2.14. The molecule has 0 fully saturated rings. The fourth-order valence-corrected chi connectivity index (χ4v) is 3.12. The second-order valence-corrected chi connectivity index (χ2v) is 6.07. The molecule has 0 saturated heterocycles. The van der Waals surface area contributed by atoms with Crippen molar-refractivity contribution in [2.75, 3.05) is 0 Å². The van der Waals surface area contributed by atoms with Crippen LogP contribution in [0.3, 0.4) is 0 Å². The van der Waals surface area contributed by atoms with Crippen molar-refractivity contribution in [3.05, 3.63) is 47.3 Å². The summed E-state index contributed by atoms with van der Waals surface area (Å²) < 4.78 is 64.9. The summed E-state index contributed by atoms with van der Waals surface area (Å²) in [4.78, 5) is -0.392. The summed E-state index contributed by atoms with van der Waals surface area (Å²) in [6.45, 7) is 1.05. The fourth-order valence-electron chi connectivity index (χ4n) is 1.85. The first-order valence-electron chi connectivity index (χ1n) is 5.86. The second kappa shape index (κ2) is 5.49. The molecule has 2 rings (SSSR count). The number of halogens is 3. The van der Waals surface area contributed by atoms with E-state index < -0.39 is 26.7 Å². The summed E-state index contributed by atoms with van der Waals surface area (Å²) in [6.07, 6.45) is -3.15. The van der Waals surface area contributed by atoms with Gasteiger partial charge in [-0.1, -0.05) is 6.07 Å². The van der Waals surface area contributed by atoms with Gasteiger partial charge >= 0.3 is 6.18 Å². The molecule has 5 nitrogen and oxygen atoms in total. The van der Waals surface area contributed by atoms with Gasteiger partial charge < -0.3 is 0 Å². The normalized spacial score (nSPS) is 12.6. The molecule has 0 atom stereocenters. The third-order valence-electron chi connectivity index (χ3n) is 2.89. The van der Waals surface area contributed by atoms with E-state index in [1.54, 1.807) is 6.07 Å². The third-order valence-corrected chi connectivity index (χ3v) is 4.44. The Morgan fingerprint density at radius 2 is 2.00 bits per heavy atom.